The van der Waals surface area contributed by atoms with Gasteiger partial charge in [0.2, 0.25) is 11.8 Å². The molecule has 1 aliphatic heterocycles. The Morgan fingerprint density at radius 3 is 2.60 bits per heavy atom. The van der Waals surface area contributed by atoms with Gasteiger partial charge in [0.15, 0.2) is 0 Å². The highest BCUT2D eigenvalue weighted by Gasteiger charge is 2.27. The fourth-order valence-electron chi connectivity index (χ4n) is 3.39. The molecule has 164 valence electrons. The van der Waals surface area contributed by atoms with Crippen molar-refractivity contribution in [1.82, 2.24) is 10.1 Å². The van der Waals surface area contributed by atoms with Gasteiger partial charge in [0.05, 0.1) is 25.3 Å². The number of nitrogens with zero attached hydrogens (tertiary/aromatic N) is 3. The number of morpholine rings is 1. The van der Waals surface area contributed by atoms with Gasteiger partial charge in [-0.15, -0.1) is 0 Å². The van der Waals surface area contributed by atoms with Crippen LogP contribution in [0.4, 0.5) is 10.3 Å². The molecule has 0 radical (unpaired) electrons. The molecule has 2 aromatic rings. The van der Waals surface area contributed by atoms with Crippen LogP contribution in [-0.2, 0) is 25.5 Å². The average Bonchev–Trinajstić information content (AvgIpc) is 3.18. The minimum Gasteiger partial charge on any atom is -0.385 e. The molecule has 9 heteroatoms. The van der Waals surface area contributed by atoms with Gasteiger partial charge in [-0.1, -0.05) is 5.16 Å². The van der Waals surface area contributed by atoms with Crippen LogP contribution in [0.2, 0.25) is 0 Å². The second-order valence-corrected chi connectivity index (χ2v) is 7.02. The van der Waals surface area contributed by atoms with Crippen LogP contribution >= 0.6 is 0 Å². The van der Waals surface area contributed by atoms with Crippen LogP contribution in [0.25, 0.3) is 11.3 Å². The SMILES string of the molecule is COCCCN(Cc1c(-c2ccc(F)cc2)noc1N1CCOCC1)C(=O)COC. The van der Waals surface area contributed by atoms with Crippen molar-refractivity contribution in [3.8, 4) is 11.3 Å². The van der Waals surface area contributed by atoms with Crippen molar-refractivity contribution in [2.24, 2.45) is 0 Å². The molecule has 1 aromatic heterocycles. The fourth-order valence-corrected chi connectivity index (χ4v) is 3.39. The minimum absolute atomic E-state index is 0.0168. The fraction of sp³-hybridized carbons (Fsp3) is 0.524. The van der Waals surface area contributed by atoms with Gasteiger partial charge in [0, 0.05) is 46.0 Å². The van der Waals surface area contributed by atoms with Crippen molar-refractivity contribution in [2.45, 2.75) is 13.0 Å². The maximum absolute atomic E-state index is 13.4. The number of carbonyl (C=O) groups is 1. The number of carbonyl (C=O) groups excluding carboxylic acids is 1. The van der Waals surface area contributed by atoms with E-state index in [4.69, 9.17) is 18.7 Å². The van der Waals surface area contributed by atoms with Crippen LogP contribution in [0, 0.1) is 5.82 Å². The van der Waals surface area contributed by atoms with E-state index < -0.39 is 0 Å². The summed E-state index contributed by atoms with van der Waals surface area (Å²) in [7, 11) is 3.12. The molecule has 1 amide bonds. The molecule has 1 fully saturated rings. The standard InChI is InChI=1S/C21H28FN3O5/c1-27-11-3-8-25(19(26)15-28-2)14-18-20(16-4-6-17(22)7-5-16)23-30-21(18)24-9-12-29-13-10-24/h4-7H,3,8-15H2,1-2H3. The third kappa shape index (κ3) is 5.56. The third-order valence-corrected chi connectivity index (χ3v) is 4.93. The zero-order chi connectivity index (χ0) is 21.3. The summed E-state index contributed by atoms with van der Waals surface area (Å²) in [6.07, 6.45) is 0.690. The normalized spacial score (nSPS) is 14.2. The van der Waals surface area contributed by atoms with Crippen LogP contribution in [-0.4, -0.2) is 76.2 Å². The molecule has 0 spiro atoms. The predicted octanol–water partition coefficient (Wildman–Crippen LogP) is 2.33. The molecule has 1 aliphatic rings. The largest absolute Gasteiger partial charge is 0.385 e. The number of benzene rings is 1. The van der Waals surface area contributed by atoms with Gasteiger partial charge >= 0.3 is 0 Å². The van der Waals surface area contributed by atoms with E-state index in [1.54, 1.807) is 24.1 Å². The molecule has 3 rings (SSSR count). The molecule has 30 heavy (non-hydrogen) atoms. The summed E-state index contributed by atoms with van der Waals surface area (Å²) in [5, 5.41) is 4.27. The maximum atomic E-state index is 13.4. The number of amides is 1. The smallest absolute Gasteiger partial charge is 0.248 e. The second kappa shape index (κ2) is 11.1. The Bertz CT molecular complexity index is 805. The highest BCUT2D eigenvalue weighted by Crippen LogP contribution is 2.33. The highest BCUT2D eigenvalue weighted by molar-refractivity contribution is 5.78. The predicted molar refractivity (Wildman–Crippen MR) is 109 cm³/mol. The summed E-state index contributed by atoms with van der Waals surface area (Å²) in [4.78, 5) is 16.4. The third-order valence-electron chi connectivity index (χ3n) is 4.93. The quantitative estimate of drug-likeness (QED) is 0.545. The first-order valence-electron chi connectivity index (χ1n) is 9.97. The van der Waals surface area contributed by atoms with E-state index in [0.29, 0.717) is 64.0 Å². The molecule has 0 aliphatic carbocycles. The molecule has 2 heterocycles. The van der Waals surface area contributed by atoms with Crippen molar-refractivity contribution in [1.29, 1.82) is 0 Å². The average molecular weight is 421 g/mol. The van der Waals surface area contributed by atoms with Crippen molar-refractivity contribution >= 4 is 11.8 Å². The van der Waals surface area contributed by atoms with Gasteiger partial charge in [-0.2, -0.15) is 0 Å². The first-order chi connectivity index (χ1) is 14.6. The summed E-state index contributed by atoms with van der Waals surface area (Å²) in [6.45, 7) is 3.85. The summed E-state index contributed by atoms with van der Waals surface area (Å²) >= 11 is 0. The molecule has 0 unspecified atom stereocenters. The van der Waals surface area contributed by atoms with E-state index in [0.717, 1.165) is 11.1 Å². The number of hydrogen-bond donors (Lipinski definition) is 0. The summed E-state index contributed by atoms with van der Waals surface area (Å²) < 4.78 is 34.8. The lowest BCUT2D eigenvalue weighted by Crippen LogP contribution is -2.38. The molecular formula is C21H28FN3O5. The van der Waals surface area contributed by atoms with Gasteiger partial charge in [-0.25, -0.2) is 4.39 Å². The molecule has 0 atom stereocenters. The molecule has 8 nitrogen and oxygen atoms in total. The van der Waals surface area contributed by atoms with Crippen molar-refractivity contribution in [3.63, 3.8) is 0 Å². The lowest BCUT2D eigenvalue weighted by atomic mass is 10.1. The van der Waals surface area contributed by atoms with Crippen LogP contribution in [0.5, 0.6) is 0 Å². The van der Waals surface area contributed by atoms with Crippen LogP contribution in [0.15, 0.2) is 28.8 Å². The highest BCUT2D eigenvalue weighted by atomic mass is 19.1. The zero-order valence-corrected chi connectivity index (χ0v) is 17.4. The Hall–Kier alpha value is -2.49. The molecule has 1 aromatic carbocycles. The lowest BCUT2D eigenvalue weighted by molar-refractivity contribution is -0.135. The molecule has 1 saturated heterocycles. The Morgan fingerprint density at radius 1 is 1.20 bits per heavy atom. The topological polar surface area (TPSA) is 77.3 Å². The monoisotopic (exact) mass is 421 g/mol. The summed E-state index contributed by atoms with van der Waals surface area (Å²) in [5.74, 6) is 0.154. The molecule has 0 N–H and O–H groups in total. The number of methoxy groups -OCH3 is 2. The Morgan fingerprint density at radius 2 is 1.93 bits per heavy atom. The van der Waals surface area contributed by atoms with Gasteiger partial charge in [0.25, 0.3) is 0 Å². The van der Waals surface area contributed by atoms with E-state index in [9.17, 15) is 9.18 Å². The van der Waals surface area contributed by atoms with Crippen LogP contribution in [0.3, 0.4) is 0 Å². The number of aromatic nitrogens is 1. The van der Waals surface area contributed by atoms with Crippen LogP contribution < -0.4 is 4.90 Å². The van der Waals surface area contributed by atoms with Gasteiger partial charge in [0.1, 0.15) is 18.1 Å². The van der Waals surface area contributed by atoms with E-state index in [1.165, 1.54) is 19.2 Å². The van der Waals surface area contributed by atoms with E-state index in [2.05, 4.69) is 10.1 Å². The molecule has 0 bridgehead atoms. The first kappa shape index (κ1) is 22.2. The first-order valence-corrected chi connectivity index (χ1v) is 9.97. The second-order valence-electron chi connectivity index (χ2n) is 7.02. The number of anilines is 1. The van der Waals surface area contributed by atoms with E-state index in [-0.39, 0.29) is 18.3 Å². The lowest BCUT2D eigenvalue weighted by Gasteiger charge is -2.28. The Balaban J connectivity index is 1.94. The van der Waals surface area contributed by atoms with Crippen molar-refractivity contribution < 1.29 is 27.9 Å². The van der Waals surface area contributed by atoms with Gasteiger partial charge in [-0.05, 0) is 30.7 Å². The van der Waals surface area contributed by atoms with Gasteiger partial charge < -0.3 is 28.5 Å². The Labute approximate surface area is 175 Å². The number of ether oxygens (including phenoxy) is 3. The number of hydrogen-bond acceptors (Lipinski definition) is 7. The summed E-state index contributed by atoms with van der Waals surface area (Å²) in [5.41, 5.74) is 2.11. The number of rotatable bonds is 10. The van der Waals surface area contributed by atoms with Crippen molar-refractivity contribution in [2.75, 3.05) is 65.2 Å². The maximum Gasteiger partial charge on any atom is 0.248 e. The van der Waals surface area contributed by atoms with E-state index in [1.807, 2.05) is 0 Å². The molecular weight excluding hydrogens is 393 g/mol. The van der Waals surface area contributed by atoms with Crippen LogP contribution in [0.1, 0.15) is 12.0 Å². The van der Waals surface area contributed by atoms with E-state index >= 15 is 0 Å². The molecule has 0 saturated carbocycles. The van der Waals surface area contributed by atoms with Gasteiger partial charge in [-0.3, -0.25) is 4.79 Å². The zero-order valence-electron chi connectivity index (χ0n) is 17.4. The van der Waals surface area contributed by atoms with Crippen molar-refractivity contribution in [3.05, 3.63) is 35.6 Å². The minimum atomic E-state index is -0.325. The number of halogens is 1. The summed E-state index contributed by atoms with van der Waals surface area (Å²) in [6, 6.07) is 6.08. The Kier molecular flexibility index (Phi) is 8.18.